The van der Waals surface area contributed by atoms with Crippen molar-refractivity contribution in [3.63, 3.8) is 0 Å². The maximum Gasteiger partial charge on any atom is 0.242 e. The van der Waals surface area contributed by atoms with Crippen LogP contribution in [0.1, 0.15) is 64.7 Å². The van der Waals surface area contributed by atoms with Crippen LogP contribution in [0.2, 0.25) is 0 Å². The van der Waals surface area contributed by atoms with E-state index in [0.29, 0.717) is 36.9 Å². The predicted molar refractivity (Wildman–Crippen MR) is 130 cm³/mol. The first kappa shape index (κ1) is 25.7. The number of hydrogen-bond acceptors (Lipinski definition) is 5. The molecule has 0 N–H and O–H groups in total. The summed E-state index contributed by atoms with van der Waals surface area (Å²) < 4.78 is 16.4. The Morgan fingerprint density at radius 2 is 1.82 bits per heavy atom. The van der Waals surface area contributed by atoms with E-state index in [4.69, 9.17) is 13.9 Å². The van der Waals surface area contributed by atoms with E-state index in [2.05, 4.69) is 27.7 Å². The minimum absolute atomic E-state index is 0.0427. The lowest BCUT2D eigenvalue weighted by Gasteiger charge is -2.31. The van der Waals surface area contributed by atoms with Gasteiger partial charge in [-0.2, -0.15) is 0 Å². The minimum atomic E-state index is -0.103. The van der Waals surface area contributed by atoms with Gasteiger partial charge in [-0.1, -0.05) is 46.6 Å². The second-order valence-electron chi connectivity index (χ2n) is 9.38. The van der Waals surface area contributed by atoms with Crippen LogP contribution in [0.3, 0.4) is 0 Å². The van der Waals surface area contributed by atoms with Gasteiger partial charge in [-0.25, -0.2) is 0 Å². The molecule has 0 saturated heterocycles. The average Bonchev–Trinajstić information content (AvgIpc) is 3.49. The molecule has 1 atom stereocenters. The van der Waals surface area contributed by atoms with Crippen molar-refractivity contribution in [1.82, 2.24) is 9.80 Å². The van der Waals surface area contributed by atoms with Crippen LogP contribution < -0.4 is 9.47 Å². The summed E-state index contributed by atoms with van der Waals surface area (Å²) >= 11 is 0. The molecule has 0 spiro atoms. The monoisotopic (exact) mass is 470 g/mol. The Hall–Kier alpha value is -2.96. The summed E-state index contributed by atoms with van der Waals surface area (Å²) in [6.45, 7) is 9.87. The number of ether oxygens (including phenoxy) is 2. The van der Waals surface area contributed by atoms with E-state index in [-0.39, 0.29) is 37.0 Å². The van der Waals surface area contributed by atoms with Crippen molar-refractivity contribution in [2.45, 2.75) is 66.5 Å². The molecule has 2 amide bonds. The van der Waals surface area contributed by atoms with Crippen LogP contribution in [-0.4, -0.2) is 41.5 Å². The molecule has 0 saturated carbocycles. The zero-order valence-electron chi connectivity index (χ0n) is 20.9. The fourth-order valence-corrected chi connectivity index (χ4v) is 4.23. The van der Waals surface area contributed by atoms with Crippen molar-refractivity contribution in [1.29, 1.82) is 0 Å². The number of rotatable bonds is 13. The number of hydrogen-bond donors (Lipinski definition) is 0. The molecule has 7 nitrogen and oxygen atoms in total. The summed E-state index contributed by atoms with van der Waals surface area (Å²) in [5.74, 6) is 2.30. The quantitative estimate of drug-likeness (QED) is 0.400. The van der Waals surface area contributed by atoms with Gasteiger partial charge in [0.15, 0.2) is 11.5 Å². The lowest BCUT2D eigenvalue weighted by atomic mass is 9.97. The first-order chi connectivity index (χ1) is 16.4. The van der Waals surface area contributed by atoms with Crippen molar-refractivity contribution in [3.8, 4) is 11.5 Å². The summed E-state index contributed by atoms with van der Waals surface area (Å²) in [5, 5.41) is 0. The summed E-state index contributed by atoms with van der Waals surface area (Å²) in [6, 6.07) is 9.37. The number of furan rings is 1. The van der Waals surface area contributed by atoms with Crippen LogP contribution in [-0.2, 0) is 22.7 Å². The van der Waals surface area contributed by atoms with Crippen molar-refractivity contribution in [2.75, 3.05) is 19.9 Å². The number of benzene rings is 1. The smallest absolute Gasteiger partial charge is 0.242 e. The molecule has 1 aromatic heterocycles. The van der Waals surface area contributed by atoms with Crippen molar-refractivity contribution < 1.29 is 23.5 Å². The first-order valence-corrected chi connectivity index (χ1v) is 12.4. The highest BCUT2D eigenvalue weighted by Crippen LogP contribution is 2.33. The highest BCUT2D eigenvalue weighted by atomic mass is 16.7. The van der Waals surface area contributed by atoms with E-state index in [0.717, 1.165) is 31.2 Å². The van der Waals surface area contributed by atoms with Crippen LogP contribution in [0.4, 0.5) is 0 Å². The molecule has 0 unspecified atom stereocenters. The van der Waals surface area contributed by atoms with E-state index in [1.54, 1.807) is 16.1 Å². The second kappa shape index (κ2) is 12.5. The normalized spacial score (nSPS) is 13.2. The Bertz CT molecular complexity index is 925. The third-order valence-corrected chi connectivity index (χ3v) is 6.06. The highest BCUT2D eigenvalue weighted by Gasteiger charge is 2.27. The summed E-state index contributed by atoms with van der Waals surface area (Å²) in [6.07, 6.45) is 5.32. The maximum absolute atomic E-state index is 13.6. The molecule has 1 aromatic carbocycles. The summed E-state index contributed by atoms with van der Waals surface area (Å²) in [4.78, 5) is 30.4. The predicted octanol–water partition coefficient (Wildman–Crippen LogP) is 5.24. The van der Waals surface area contributed by atoms with Crippen molar-refractivity contribution >= 4 is 11.8 Å². The third-order valence-electron chi connectivity index (χ3n) is 6.06. The zero-order valence-corrected chi connectivity index (χ0v) is 20.9. The molecule has 34 heavy (non-hydrogen) atoms. The Labute approximate surface area is 203 Å². The average molecular weight is 471 g/mol. The first-order valence-electron chi connectivity index (χ1n) is 12.4. The van der Waals surface area contributed by atoms with E-state index in [1.807, 2.05) is 30.3 Å². The molecular formula is C27H38N2O5. The fourth-order valence-electron chi connectivity index (χ4n) is 4.23. The van der Waals surface area contributed by atoms with Crippen molar-refractivity contribution in [2.24, 2.45) is 11.8 Å². The Kier molecular flexibility index (Phi) is 9.42. The molecule has 0 radical (unpaired) electrons. The maximum atomic E-state index is 13.6. The van der Waals surface area contributed by atoms with E-state index in [9.17, 15) is 9.59 Å². The van der Waals surface area contributed by atoms with Gasteiger partial charge in [0.1, 0.15) is 5.76 Å². The Morgan fingerprint density at radius 3 is 2.50 bits per heavy atom. The molecule has 0 bridgehead atoms. The van der Waals surface area contributed by atoms with E-state index in [1.165, 1.54) is 0 Å². The SMILES string of the molecule is CCCC[C@@H](CC)C(=O)N(CC(=O)N(Cc1ccc2c(c1)OCO2)Cc1ccco1)CC(C)C. The van der Waals surface area contributed by atoms with Gasteiger partial charge in [-0.05, 0) is 48.6 Å². The largest absolute Gasteiger partial charge is 0.467 e. The van der Waals surface area contributed by atoms with Crippen LogP contribution in [0.15, 0.2) is 41.0 Å². The molecule has 1 aliphatic rings. The highest BCUT2D eigenvalue weighted by molar-refractivity contribution is 5.86. The number of carbonyl (C=O) groups is 2. The van der Waals surface area contributed by atoms with Gasteiger partial charge in [0.05, 0.1) is 19.4 Å². The second-order valence-corrected chi connectivity index (χ2v) is 9.38. The summed E-state index contributed by atoms with van der Waals surface area (Å²) in [7, 11) is 0. The molecule has 2 aromatic rings. The van der Waals surface area contributed by atoms with Crippen LogP contribution in [0.25, 0.3) is 0 Å². The molecule has 2 heterocycles. The fraction of sp³-hybridized carbons (Fsp3) is 0.556. The lowest BCUT2D eigenvalue weighted by molar-refractivity contribution is -0.144. The number of amides is 2. The Morgan fingerprint density at radius 1 is 1.03 bits per heavy atom. The van der Waals surface area contributed by atoms with Crippen molar-refractivity contribution in [3.05, 3.63) is 47.9 Å². The third kappa shape index (κ3) is 7.02. The number of unbranched alkanes of at least 4 members (excludes halogenated alkanes) is 1. The van der Waals surface area contributed by atoms with Crippen LogP contribution >= 0.6 is 0 Å². The van der Waals surface area contributed by atoms with Crippen LogP contribution in [0, 0.1) is 11.8 Å². The number of carbonyl (C=O) groups excluding carboxylic acids is 2. The zero-order chi connectivity index (χ0) is 24.5. The molecule has 0 aliphatic carbocycles. The molecule has 1 aliphatic heterocycles. The summed E-state index contributed by atoms with van der Waals surface area (Å²) in [5.41, 5.74) is 0.931. The van der Waals surface area contributed by atoms with Gasteiger partial charge in [0.25, 0.3) is 0 Å². The topological polar surface area (TPSA) is 72.2 Å². The van der Waals surface area contributed by atoms with Gasteiger partial charge < -0.3 is 23.7 Å². The van der Waals surface area contributed by atoms with Gasteiger partial charge in [0, 0.05) is 19.0 Å². The standard InChI is InChI=1S/C27H38N2O5/c1-5-7-9-22(6-2)27(31)29(15-20(3)4)18-26(30)28(17-23-10-8-13-32-23)16-21-11-12-24-25(14-21)34-19-33-24/h8,10-14,20,22H,5-7,9,15-19H2,1-4H3/t22-/m1/s1. The number of nitrogens with zero attached hydrogens (tertiary/aromatic N) is 2. The van der Waals surface area contributed by atoms with E-state index < -0.39 is 0 Å². The van der Waals surface area contributed by atoms with Crippen LogP contribution in [0.5, 0.6) is 11.5 Å². The molecule has 7 heteroatoms. The molecular weight excluding hydrogens is 432 g/mol. The lowest BCUT2D eigenvalue weighted by Crippen LogP contribution is -2.46. The number of fused-ring (bicyclic) bond motifs is 1. The molecule has 0 fully saturated rings. The molecule has 186 valence electrons. The van der Waals surface area contributed by atoms with E-state index >= 15 is 0 Å². The minimum Gasteiger partial charge on any atom is -0.467 e. The van der Waals surface area contributed by atoms with Gasteiger partial charge in [-0.15, -0.1) is 0 Å². The van der Waals surface area contributed by atoms with Gasteiger partial charge in [-0.3, -0.25) is 9.59 Å². The molecule has 3 rings (SSSR count). The van der Waals surface area contributed by atoms with Gasteiger partial charge in [0.2, 0.25) is 18.6 Å². The van der Waals surface area contributed by atoms with Gasteiger partial charge >= 0.3 is 0 Å². The Balaban J connectivity index is 1.77.